The van der Waals surface area contributed by atoms with Gasteiger partial charge < -0.3 is 28.4 Å². The van der Waals surface area contributed by atoms with E-state index in [-0.39, 0.29) is 44.1 Å². The molecule has 4 aliphatic rings. The summed E-state index contributed by atoms with van der Waals surface area (Å²) in [6.45, 7) is 20.8. The fraction of sp³-hybridized carbons (Fsp3) is 0.396. The third-order valence-corrected chi connectivity index (χ3v) is 14.4. The van der Waals surface area contributed by atoms with Gasteiger partial charge >= 0.3 is 14.2 Å². The Hall–Kier alpha value is -4.27. The first-order chi connectivity index (χ1) is 28.5. The van der Waals surface area contributed by atoms with Gasteiger partial charge in [0, 0.05) is 38.0 Å². The molecule has 0 aromatic heterocycles. The first-order valence-corrected chi connectivity index (χ1v) is 21.8. The summed E-state index contributed by atoms with van der Waals surface area (Å²) in [4.78, 5) is 4.83. The molecule has 4 aliphatic heterocycles. The van der Waals surface area contributed by atoms with Crippen LogP contribution in [0.2, 0.25) is 0 Å². The fourth-order valence-corrected chi connectivity index (χ4v) is 9.41. The molecule has 0 amide bonds. The zero-order chi connectivity index (χ0) is 42.2. The van der Waals surface area contributed by atoms with E-state index >= 15 is 0 Å². The van der Waals surface area contributed by atoms with Gasteiger partial charge in [-0.1, -0.05) is 129 Å². The van der Waals surface area contributed by atoms with Gasteiger partial charge in [0.05, 0.1) is 22.4 Å². The van der Waals surface area contributed by atoms with Crippen LogP contribution in [0, 0.1) is 0 Å². The summed E-state index contributed by atoms with van der Waals surface area (Å²) in [6, 6.07) is 44.5. The van der Waals surface area contributed by atoms with E-state index in [9.17, 15) is 0 Å². The van der Waals surface area contributed by atoms with E-state index in [1.165, 1.54) is 54.9 Å². The minimum atomic E-state index is -0.321. The van der Waals surface area contributed by atoms with Gasteiger partial charge in [-0.2, -0.15) is 0 Å². The van der Waals surface area contributed by atoms with Crippen molar-refractivity contribution in [3.63, 3.8) is 0 Å². The van der Waals surface area contributed by atoms with Crippen LogP contribution in [-0.4, -0.2) is 73.6 Å². The third kappa shape index (κ3) is 8.24. The molecule has 0 N–H and O–H groups in total. The number of benzene rings is 6. The van der Waals surface area contributed by atoms with Gasteiger partial charge in [0.2, 0.25) is 0 Å². The van der Waals surface area contributed by atoms with Crippen LogP contribution in [-0.2, 0) is 31.7 Å². The van der Waals surface area contributed by atoms with Gasteiger partial charge in [-0.15, -0.1) is 0 Å². The molecule has 0 saturated carbocycles. The number of hydrogen-bond donors (Lipinski definition) is 0. The zero-order valence-electron chi connectivity index (χ0n) is 37.2. The van der Waals surface area contributed by atoms with Crippen molar-refractivity contribution in [2.75, 3.05) is 27.2 Å². The second kappa shape index (κ2) is 16.1. The van der Waals surface area contributed by atoms with Crippen LogP contribution in [0.3, 0.4) is 0 Å². The quantitative estimate of drug-likeness (QED) is 0.165. The maximum atomic E-state index is 6.29. The SMILES string of the molecule is C.CN1Cc2cc(B3OC(C)(C)C(C)(C)O3)ccc2C(c2ccc3ccccc3c2)C1.CN1Cc2cc(B3OC(C)(C)C(C)(C)O3)ccc2C(c2ccc3ccccc3c2)C1. The summed E-state index contributed by atoms with van der Waals surface area (Å²) >= 11 is 0. The number of fused-ring (bicyclic) bond motifs is 4. The lowest BCUT2D eigenvalue weighted by Gasteiger charge is -2.33. The summed E-state index contributed by atoms with van der Waals surface area (Å²) in [5.41, 5.74) is 9.27. The molecule has 2 unspecified atom stereocenters. The van der Waals surface area contributed by atoms with Gasteiger partial charge in [0.1, 0.15) is 0 Å². The van der Waals surface area contributed by atoms with Crippen molar-refractivity contribution in [3.05, 3.63) is 155 Å². The number of nitrogens with zero attached hydrogens (tertiary/aromatic N) is 2. The molecule has 0 spiro atoms. The Labute approximate surface area is 365 Å². The standard InChI is InChI=1S/2C26H30BNO2.CH4/c2*1-25(2)26(3,4)30-27(29-25)22-12-13-23-21(15-22)16-28(5)17-24(23)20-11-10-18-8-6-7-9-19(18)14-20;/h2*6-15,24H,16-17H2,1-5H3;1H4. The highest BCUT2D eigenvalue weighted by atomic mass is 16.7. The van der Waals surface area contributed by atoms with E-state index in [1.54, 1.807) is 0 Å². The molecular formula is C53H64B2N2O4. The molecule has 0 radical (unpaired) electrons. The molecule has 0 bridgehead atoms. The normalized spacial score (nSPS) is 22.6. The Morgan fingerprint density at radius 2 is 0.787 bits per heavy atom. The van der Waals surface area contributed by atoms with Crippen LogP contribution in [0.15, 0.2) is 121 Å². The van der Waals surface area contributed by atoms with E-state index < -0.39 is 0 Å². The van der Waals surface area contributed by atoms with Crippen LogP contribution in [0.1, 0.15) is 108 Å². The summed E-state index contributed by atoms with van der Waals surface area (Å²) in [7, 11) is 3.79. The molecule has 8 heteroatoms. The molecule has 61 heavy (non-hydrogen) atoms. The average molecular weight is 815 g/mol. The van der Waals surface area contributed by atoms with Crippen LogP contribution in [0.25, 0.3) is 21.5 Å². The molecule has 10 rings (SSSR count). The first-order valence-electron chi connectivity index (χ1n) is 21.8. The minimum absolute atomic E-state index is 0. The number of likely N-dealkylation sites (N-methyl/N-ethyl adjacent to an activating group) is 2. The van der Waals surface area contributed by atoms with E-state index in [1.807, 2.05) is 0 Å². The van der Waals surface area contributed by atoms with Gasteiger partial charge in [-0.3, -0.25) is 0 Å². The maximum absolute atomic E-state index is 6.29. The van der Waals surface area contributed by atoms with E-state index in [4.69, 9.17) is 18.6 Å². The molecule has 6 aromatic carbocycles. The highest BCUT2D eigenvalue weighted by molar-refractivity contribution is 6.62. The second-order valence-electron chi connectivity index (χ2n) is 19.8. The molecule has 4 heterocycles. The Kier molecular flexibility index (Phi) is 11.5. The van der Waals surface area contributed by atoms with Crippen molar-refractivity contribution in [1.82, 2.24) is 9.80 Å². The predicted molar refractivity (Wildman–Crippen MR) is 255 cm³/mol. The molecule has 2 saturated heterocycles. The molecule has 316 valence electrons. The number of rotatable bonds is 4. The Morgan fingerprint density at radius 3 is 1.15 bits per heavy atom. The van der Waals surface area contributed by atoms with Crippen LogP contribution in [0.5, 0.6) is 0 Å². The molecule has 6 aromatic rings. The second-order valence-corrected chi connectivity index (χ2v) is 19.8. The van der Waals surface area contributed by atoms with Crippen molar-refractivity contribution in [1.29, 1.82) is 0 Å². The zero-order valence-corrected chi connectivity index (χ0v) is 37.2. The summed E-state index contributed by atoms with van der Waals surface area (Å²) in [5, 5.41) is 5.20. The Balaban J connectivity index is 0.000000166. The van der Waals surface area contributed by atoms with Crippen molar-refractivity contribution in [2.45, 2.75) is 110 Å². The van der Waals surface area contributed by atoms with E-state index in [2.05, 4.69) is 201 Å². The summed E-state index contributed by atoms with van der Waals surface area (Å²) in [5.74, 6) is 0.742. The van der Waals surface area contributed by atoms with Crippen LogP contribution < -0.4 is 10.9 Å². The van der Waals surface area contributed by atoms with E-state index in [0.29, 0.717) is 11.8 Å². The van der Waals surface area contributed by atoms with Gasteiger partial charge in [0.15, 0.2) is 0 Å². The maximum Gasteiger partial charge on any atom is 0.494 e. The van der Waals surface area contributed by atoms with Gasteiger partial charge in [-0.25, -0.2) is 0 Å². The van der Waals surface area contributed by atoms with Crippen LogP contribution >= 0.6 is 0 Å². The van der Waals surface area contributed by atoms with Crippen molar-refractivity contribution in [3.8, 4) is 0 Å². The lowest BCUT2D eigenvalue weighted by Crippen LogP contribution is -2.41. The molecule has 2 fully saturated rings. The molecule has 2 atom stereocenters. The van der Waals surface area contributed by atoms with Crippen molar-refractivity contribution in [2.24, 2.45) is 0 Å². The lowest BCUT2D eigenvalue weighted by atomic mass is 9.75. The largest absolute Gasteiger partial charge is 0.494 e. The lowest BCUT2D eigenvalue weighted by molar-refractivity contribution is 0.00578. The first kappa shape index (κ1) is 43.4. The smallest absolute Gasteiger partial charge is 0.399 e. The topological polar surface area (TPSA) is 43.4 Å². The Bertz CT molecular complexity index is 2360. The molecule has 0 aliphatic carbocycles. The monoisotopic (exact) mass is 815 g/mol. The average Bonchev–Trinajstić information content (AvgIpc) is 3.58. The number of hydrogen-bond acceptors (Lipinski definition) is 6. The highest BCUT2D eigenvalue weighted by Gasteiger charge is 2.53. The third-order valence-electron chi connectivity index (χ3n) is 14.4. The highest BCUT2D eigenvalue weighted by Crippen LogP contribution is 2.40. The molecule has 6 nitrogen and oxygen atoms in total. The fourth-order valence-electron chi connectivity index (χ4n) is 9.41. The van der Waals surface area contributed by atoms with Crippen molar-refractivity contribution >= 4 is 46.7 Å². The van der Waals surface area contributed by atoms with Gasteiger partial charge in [0.25, 0.3) is 0 Å². The predicted octanol–water partition coefficient (Wildman–Crippen LogP) is 10.1. The summed E-state index contributed by atoms with van der Waals surface area (Å²) in [6.07, 6.45) is 0. The minimum Gasteiger partial charge on any atom is -0.399 e. The Morgan fingerprint density at radius 1 is 0.443 bits per heavy atom. The molecular weight excluding hydrogens is 750 g/mol. The van der Waals surface area contributed by atoms with Gasteiger partial charge in [-0.05, 0) is 135 Å². The van der Waals surface area contributed by atoms with Crippen LogP contribution in [0.4, 0.5) is 0 Å². The summed E-state index contributed by atoms with van der Waals surface area (Å²) < 4.78 is 25.2. The van der Waals surface area contributed by atoms with E-state index in [0.717, 1.165) is 37.1 Å². The van der Waals surface area contributed by atoms with Crippen molar-refractivity contribution < 1.29 is 18.6 Å².